The molecule has 0 unspecified atom stereocenters. The summed E-state index contributed by atoms with van der Waals surface area (Å²) in [6.45, 7) is 3.72. The number of fused-ring (bicyclic) bond motifs is 1. The van der Waals surface area contributed by atoms with E-state index in [0.717, 1.165) is 15.1 Å². The highest BCUT2D eigenvalue weighted by Gasteiger charge is 2.25. The summed E-state index contributed by atoms with van der Waals surface area (Å²) in [5.74, 6) is 0. The second-order valence-electron chi connectivity index (χ2n) is 6.33. The second-order valence-corrected chi connectivity index (χ2v) is 8.84. The molecule has 28 heavy (non-hydrogen) atoms. The predicted molar refractivity (Wildman–Crippen MR) is 109 cm³/mol. The molecule has 3 heterocycles. The van der Waals surface area contributed by atoms with Crippen LogP contribution in [-0.4, -0.2) is 27.3 Å². The van der Waals surface area contributed by atoms with Crippen molar-refractivity contribution >= 4 is 44.1 Å². The Morgan fingerprint density at radius 2 is 1.71 bits per heavy atom. The van der Waals surface area contributed by atoms with Crippen molar-refractivity contribution in [1.29, 1.82) is 0 Å². The maximum atomic E-state index is 13.3. The minimum absolute atomic E-state index is 0.0723. The van der Waals surface area contributed by atoms with E-state index in [9.17, 15) is 8.42 Å². The van der Waals surface area contributed by atoms with E-state index in [0.29, 0.717) is 16.6 Å². The van der Waals surface area contributed by atoms with Crippen LogP contribution in [0.4, 0.5) is 0 Å². The maximum absolute atomic E-state index is 13.3. The predicted octanol–water partition coefficient (Wildman–Crippen LogP) is 4.65. The number of nitrogens with zero attached hydrogens (tertiary/aromatic N) is 4. The Labute approximate surface area is 171 Å². The van der Waals surface area contributed by atoms with Crippen LogP contribution in [0.15, 0.2) is 53.8 Å². The number of hydrogen-bond donors (Lipinski definition) is 0. The van der Waals surface area contributed by atoms with Crippen LogP contribution in [0.1, 0.15) is 11.1 Å². The van der Waals surface area contributed by atoms with Crippen molar-refractivity contribution in [3.05, 3.63) is 70.5 Å². The number of pyridine rings is 1. The normalized spacial score (nSPS) is 11.9. The Morgan fingerprint density at radius 1 is 1.00 bits per heavy atom. The minimum atomic E-state index is -3.90. The molecule has 0 saturated carbocycles. The second kappa shape index (κ2) is 6.84. The molecule has 1 aromatic carbocycles. The molecule has 9 heteroatoms. The molecule has 6 nitrogen and oxygen atoms in total. The number of halogens is 2. The van der Waals surface area contributed by atoms with Crippen LogP contribution in [0.2, 0.25) is 10.4 Å². The Balaban J connectivity index is 2.06. The molecule has 0 fully saturated rings. The minimum Gasteiger partial charge on any atom is -0.242 e. The molecule has 142 valence electrons. The maximum Gasteiger partial charge on any atom is 0.268 e. The smallest absolute Gasteiger partial charge is 0.242 e. The summed E-state index contributed by atoms with van der Waals surface area (Å²) < 4.78 is 27.8. The summed E-state index contributed by atoms with van der Waals surface area (Å²) in [5, 5.41) is 0.758. The molecule has 0 aliphatic rings. The molecule has 0 aliphatic carbocycles. The van der Waals surface area contributed by atoms with Crippen molar-refractivity contribution in [2.45, 2.75) is 18.7 Å². The molecule has 4 aromatic rings. The fourth-order valence-electron chi connectivity index (χ4n) is 3.00. The van der Waals surface area contributed by atoms with Gasteiger partial charge < -0.3 is 0 Å². The molecule has 4 rings (SSSR count). The zero-order valence-corrected chi connectivity index (χ0v) is 17.2. The third kappa shape index (κ3) is 3.05. The average molecular weight is 433 g/mol. The first-order valence-electron chi connectivity index (χ1n) is 8.26. The van der Waals surface area contributed by atoms with Gasteiger partial charge in [-0.2, -0.15) is 0 Å². The summed E-state index contributed by atoms with van der Waals surface area (Å²) in [4.78, 5) is 12.5. The molecule has 0 saturated heterocycles. The number of aromatic nitrogens is 4. The molecule has 0 N–H and O–H groups in total. The molecule has 0 bridgehead atoms. The van der Waals surface area contributed by atoms with Crippen LogP contribution < -0.4 is 0 Å². The van der Waals surface area contributed by atoms with Gasteiger partial charge in [0.05, 0.1) is 10.6 Å². The number of aryl methyl sites for hydroxylation is 2. The molecular formula is C19H14Cl2N4O2S. The van der Waals surface area contributed by atoms with Crippen LogP contribution in [0, 0.1) is 13.8 Å². The lowest BCUT2D eigenvalue weighted by atomic mass is 10.1. The Morgan fingerprint density at radius 3 is 2.43 bits per heavy atom. The van der Waals surface area contributed by atoms with E-state index >= 15 is 0 Å². The Kier molecular flexibility index (Phi) is 4.61. The molecule has 0 radical (unpaired) electrons. The third-order valence-corrected chi connectivity index (χ3v) is 6.54. The van der Waals surface area contributed by atoms with E-state index in [1.807, 2.05) is 13.8 Å². The lowest BCUT2D eigenvalue weighted by Crippen LogP contribution is -2.12. The van der Waals surface area contributed by atoms with Gasteiger partial charge in [-0.1, -0.05) is 29.3 Å². The highest BCUT2D eigenvalue weighted by atomic mass is 35.5. The largest absolute Gasteiger partial charge is 0.268 e. The van der Waals surface area contributed by atoms with Gasteiger partial charge in [0.2, 0.25) is 5.28 Å². The van der Waals surface area contributed by atoms with Crippen LogP contribution in [0.5, 0.6) is 0 Å². The highest BCUT2D eigenvalue weighted by molar-refractivity contribution is 7.90. The standard InChI is InChI=1S/C19H14Cl2N4O2S/c1-11-3-5-13(6-4-11)28(26,27)25-10-15(14-7-8-22-18(20)17(14)25)16-12(2)9-23-19(21)24-16/h3-10H,1-2H3. The fraction of sp³-hybridized carbons (Fsp3) is 0.105. The summed E-state index contributed by atoms with van der Waals surface area (Å²) in [5.41, 5.74) is 3.11. The topological polar surface area (TPSA) is 77.7 Å². The quantitative estimate of drug-likeness (QED) is 0.347. The van der Waals surface area contributed by atoms with E-state index < -0.39 is 10.0 Å². The Hall–Kier alpha value is -2.48. The summed E-state index contributed by atoms with van der Waals surface area (Å²) >= 11 is 12.3. The van der Waals surface area contributed by atoms with Crippen molar-refractivity contribution in [3.8, 4) is 11.3 Å². The van der Waals surface area contributed by atoms with Gasteiger partial charge in [0.1, 0.15) is 5.52 Å². The van der Waals surface area contributed by atoms with Gasteiger partial charge in [-0.15, -0.1) is 0 Å². The molecule has 0 amide bonds. The molecule has 0 atom stereocenters. The van der Waals surface area contributed by atoms with Gasteiger partial charge in [0, 0.05) is 29.5 Å². The van der Waals surface area contributed by atoms with Crippen LogP contribution in [0.25, 0.3) is 22.2 Å². The van der Waals surface area contributed by atoms with Crippen LogP contribution >= 0.6 is 23.2 Å². The van der Waals surface area contributed by atoms with E-state index in [4.69, 9.17) is 23.2 Å². The molecule has 0 spiro atoms. The van der Waals surface area contributed by atoms with E-state index in [1.165, 1.54) is 12.4 Å². The van der Waals surface area contributed by atoms with E-state index in [-0.39, 0.29) is 20.8 Å². The van der Waals surface area contributed by atoms with Gasteiger partial charge in [-0.05, 0) is 49.2 Å². The lowest BCUT2D eigenvalue weighted by Gasteiger charge is -2.08. The monoisotopic (exact) mass is 432 g/mol. The average Bonchev–Trinajstić information content (AvgIpc) is 3.06. The highest BCUT2D eigenvalue weighted by Crippen LogP contribution is 2.36. The number of benzene rings is 1. The van der Waals surface area contributed by atoms with Gasteiger partial charge in [-0.25, -0.2) is 27.3 Å². The van der Waals surface area contributed by atoms with Gasteiger partial charge in [0.25, 0.3) is 10.0 Å². The zero-order chi connectivity index (χ0) is 20.1. The van der Waals surface area contributed by atoms with Gasteiger partial charge in [0.15, 0.2) is 5.15 Å². The first kappa shape index (κ1) is 18.9. The van der Waals surface area contributed by atoms with Crippen molar-refractivity contribution < 1.29 is 8.42 Å². The van der Waals surface area contributed by atoms with Crippen LogP contribution in [0.3, 0.4) is 0 Å². The van der Waals surface area contributed by atoms with E-state index in [2.05, 4.69) is 15.0 Å². The summed E-state index contributed by atoms with van der Waals surface area (Å²) in [7, 11) is -3.90. The Bertz CT molecular complexity index is 1320. The van der Waals surface area contributed by atoms with E-state index in [1.54, 1.807) is 36.5 Å². The fourth-order valence-corrected chi connectivity index (χ4v) is 4.81. The molecular weight excluding hydrogens is 419 g/mol. The zero-order valence-electron chi connectivity index (χ0n) is 14.9. The third-order valence-electron chi connectivity index (χ3n) is 4.41. The lowest BCUT2D eigenvalue weighted by molar-refractivity contribution is 0.589. The SMILES string of the molecule is Cc1ccc(S(=O)(=O)n2cc(-c3nc(Cl)ncc3C)c3ccnc(Cl)c32)cc1. The van der Waals surface area contributed by atoms with Crippen LogP contribution in [-0.2, 0) is 10.0 Å². The first-order valence-corrected chi connectivity index (χ1v) is 10.5. The van der Waals surface area contributed by atoms with Crippen molar-refractivity contribution in [1.82, 2.24) is 18.9 Å². The van der Waals surface area contributed by atoms with Crippen molar-refractivity contribution in [2.75, 3.05) is 0 Å². The van der Waals surface area contributed by atoms with Gasteiger partial charge >= 0.3 is 0 Å². The molecule has 3 aromatic heterocycles. The van der Waals surface area contributed by atoms with Crippen molar-refractivity contribution in [3.63, 3.8) is 0 Å². The van der Waals surface area contributed by atoms with Crippen molar-refractivity contribution in [2.24, 2.45) is 0 Å². The number of rotatable bonds is 3. The number of hydrogen-bond acceptors (Lipinski definition) is 5. The summed E-state index contributed by atoms with van der Waals surface area (Å²) in [6, 6.07) is 8.31. The van der Waals surface area contributed by atoms with Gasteiger partial charge in [-0.3, -0.25) is 0 Å². The molecule has 0 aliphatic heterocycles. The summed E-state index contributed by atoms with van der Waals surface area (Å²) in [6.07, 6.45) is 4.61. The first-order chi connectivity index (χ1) is 13.3.